The SMILES string of the molecule is CCN(CC)CCN1CCN(c2cccc(N)c2)CC1. The van der Waals surface area contributed by atoms with Crippen LogP contribution in [0.5, 0.6) is 0 Å². The van der Waals surface area contributed by atoms with E-state index in [9.17, 15) is 0 Å². The van der Waals surface area contributed by atoms with Crippen molar-refractivity contribution in [2.75, 3.05) is 63.0 Å². The van der Waals surface area contributed by atoms with E-state index >= 15 is 0 Å². The van der Waals surface area contributed by atoms with E-state index in [1.807, 2.05) is 12.1 Å². The number of anilines is 2. The largest absolute Gasteiger partial charge is 0.399 e. The smallest absolute Gasteiger partial charge is 0.0387 e. The van der Waals surface area contributed by atoms with Crippen molar-refractivity contribution in [1.29, 1.82) is 0 Å². The molecule has 4 nitrogen and oxygen atoms in total. The summed E-state index contributed by atoms with van der Waals surface area (Å²) in [6.07, 6.45) is 0. The Morgan fingerprint density at radius 3 is 2.40 bits per heavy atom. The van der Waals surface area contributed by atoms with Gasteiger partial charge in [0.05, 0.1) is 0 Å². The van der Waals surface area contributed by atoms with Gasteiger partial charge < -0.3 is 15.5 Å². The maximum Gasteiger partial charge on any atom is 0.0387 e. The third-order valence-electron chi connectivity index (χ3n) is 4.23. The van der Waals surface area contributed by atoms with Crippen LogP contribution in [0.2, 0.25) is 0 Å². The van der Waals surface area contributed by atoms with Crippen LogP contribution in [0.15, 0.2) is 24.3 Å². The van der Waals surface area contributed by atoms with Gasteiger partial charge in [0.15, 0.2) is 0 Å². The number of nitrogen functional groups attached to an aromatic ring is 1. The Labute approximate surface area is 123 Å². The lowest BCUT2D eigenvalue weighted by Crippen LogP contribution is -2.48. The first-order chi connectivity index (χ1) is 9.72. The fourth-order valence-electron chi connectivity index (χ4n) is 2.77. The number of hydrogen-bond acceptors (Lipinski definition) is 4. The second-order valence-electron chi connectivity index (χ2n) is 5.45. The van der Waals surface area contributed by atoms with Gasteiger partial charge in [-0.3, -0.25) is 4.90 Å². The Bertz CT molecular complexity index is 395. The summed E-state index contributed by atoms with van der Waals surface area (Å²) in [5.74, 6) is 0. The second-order valence-corrected chi connectivity index (χ2v) is 5.45. The highest BCUT2D eigenvalue weighted by molar-refractivity contribution is 5.56. The van der Waals surface area contributed by atoms with E-state index in [2.05, 4.69) is 40.7 Å². The van der Waals surface area contributed by atoms with Gasteiger partial charge in [-0.05, 0) is 31.3 Å². The Kier molecular flexibility index (Phi) is 5.68. The number of nitrogens with two attached hydrogens (primary N) is 1. The topological polar surface area (TPSA) is 35.7 Å². The minimum Gasteiger partial charge on any atom is -0.399 e. The molecule has 0 spiro atoms. The number of likely N-dealkylation sites (N-methyl/N-ethyl adjacent to an activating group) is 1. The average molecular weight is 276 g/mol. The van der Waals surface area contributed by atoms with Crippen molar-refractivity contribution in [1.82, 2.24) is 9.80 Å². The first-order valence-electron chi connectivity index (χ1n) is 7.78. The highest BCUT2D eigenvalue weighted by Crippen LogP contribution is 2.18. The van der Waals surface area contributed by atoms with Crippen LogP contribution < -0.4 is 10.6 Å². The summed E-state index contributed by atoms with van der Waals surface area (Å²) in [7, 11) is 0. The number of nitrogens with zero attached hydrogens (tertiary/aromatic N) is 3. The third-order valence-corrected chi connectivity index (χ3v) is 4.23. The number of hydrogen-bond donors (Lipinski definition) is 1. The molecule has 0 aliphatic carbocycles. The second kappa shape index (κ2) is 7.50. The molecule has 0 aromatic heterocycles. The lowest BCUT2D eigenvalue weighted by atomic mass is 10.2. The molecular weight excluding hydrogens is 248 g/mol. The standard InChI is InChI=1S/C16H28N4/c1-3-18(4-2)8-9-19-10-12-20(13-11-19)16-7-5-6-15(17)14-16/h5-7,14H,3-4,8-13,17H2,1-2H3. The van der Waals surface area contributed by atoms with Gasteiger partial charge in [-0.2, -0.15) is 0 Å². The van der Waals surface area contributed by atoms with E-state index in [1.165, 1.54) is 18.8 Å². The van der Waals surface area contributed by atoms with Crippen molar-refractivity contribution in [3.8, 4) is 0 Å². The summed E-state index contributed by atoms with van der Waals surface area (Å²) >= 11 is 0. The number of rotatable bonds is 6. The molecule has 4 heteroatoms. The van der Waals surface area contributed by atoms with Gasteiger partial charge in [-0.25, -0.2) is 0 Å². The van der Waals surface area contributed by atoms with Gasteiger partial charge in [0, 0.05) is 50.6 Å². The first kappa shape index (κ1) is 15.1. The van der Waals surface area contributed by atoms with Gasteiger partial charge in [0.2, 0.25) is 0 Å². The molecule has 0 unspecified atom stereocenters. The van der Waals surface area contributed by atoms with Crippen LogP contribution in [-0.2, 0) is 0 Å². The normalized spacial score (nSPS) is 16.9. The van der Waals surface area contributed by atoms with Crippen LogP contribution in [0.4, 0.5) is 11.4 Å². The summed E-state index contributed by atoms with van der Waals surface area (Å²) < 4.78 is 0. The van der Waals surface area contributed by atoms with Gasteiger partial charge in [0.25, 0.3) is 0 Å². The summed E-state index contributed by atoms with van der Waals surface area (Å²) in [5, 5.41) is 0. The highest BCUT2D eigenvalue weighted by Gasteiger charge is 2.17. The lowest BCUT2D eigenvalue weighted by Gasteiger charge is -2.37. The molecule has 1 saturated heterocycles. The average Bonchev–Trinajstić information content (AvgIpc) is 2.49. The summed E-state index contributed by atoms with van der Waals surface area (Å²) in [6.45, 7) is 13.6. The molecule has 1 aromatic rings. The van der Waals surface area contributed by atoms with Crippen LogP contribution in [0.25, 0.3) is 0 Å². The molecule has 0 radical (unpaired) electrons. The molecule has 0 bridgehead atoms. The van der Waals surface area contributed by atoms with Crippen molar-refractivity contribution in [2.24, 2.45) is 0 Å². The fraction of sp³-hybridized carbons (Fsp3) is 0.625. The Morgan fingerprint density at radius 1 is 1.10 bits per heavy atom. The summed E-state index contributed by atoms with van der Waals surface area (Å²) in [6, 6.07) is 8.22. The quantitative estimate of drug-likeness (QED) is 0.803. The van der Waals surface area contributed by atoms with E-state index in [0.717, 1.165) is 45.0 Å². The van der Waals surface area contributed by atoms with Gasteiger partial charge in [0.1, 0.15) is 0 Å². The van der Waals surface area contributed by atoms with Crippen LogP contribution in [-0.4, -0.2) is 62.2 Å². The zero-order valence-electron chi connectivity index (χ0n) is 12.9. The van der Waals surface area contributed by atoms with Crippen LogP contribution in [0.1, 0.15) is 13.8 Å². The summed E-state index contributed by atoms with van der Waals surface area (Å²) in [5.41, 5.74) is 7.97. The Balaban J connectivity index is 1.78. The molecule has 1 aliphatic rings. The zero-order valence-corrected chi connectivity index (χ0v) is 12.9. The van der Waals surface area contributed by atoms with Gasteiger partial charge in [-0.15, -0.1) is 0 Å². The highest BCUT2D eigenvalue weighted by atomic mass is 15.3. The monoisotopic (exact) mass is 276 g/mol. The Morgan fingerprint density at radius 2 is 1.80 bits per heavy atom. The molecule has 2 rings (SSSR count). The molecule has 1 heterocycles. The maximum absolute atomic E-state index is 5.86. The first-order valence-corrected chi connectivity index (χ1v) is 7.78. The lowest BCUT2D eigenvalue weighted by molar-refractivity contribution is 0.206. The molecule has 1 fully saturated rings. The minimum atomic E-state index is 0.853. The van der Waals surface area contributed by atoms with Crippen molar-refractivity contribution >= 4 is 11.4 Å². The minimum absolute atomic E-state index is 0.853. The van der Waals surface area contributed by atoms with E-state index in [-0.39, 0.29) is 0 Å². The summed E-state index contributed by atoms with van der Waals surface area (Å²) in [4.78, 5) is 7.50. The van der Waals surface area contributed by atoms with Gasteiger partial charge >= 0.3 is 0 Å². The van der Waals surface area contributed by atoms with E-state index in [4.69, 9.17) is 5.73 Å². The molecule has 1 aromatic carbocycles. The molecular formula is C16H28N4. The molecule has 1 aliphatic heterocycles. The molecule has 2 N–H and O–H groups in total. The van der Waals surface area contributed by atoms with E-state index < -0.39 is 0 Å². The third kappa shape index (κ3) is 4.12. The number of benzene rings is 1. The van der Waals surface area contributed by atoms with Gasteiger partial charge in [-0.1, -0.05) is 19.9 Å². The zero-order chi connectivity index (χ0) is 14.4. The predicted molar refractivity (Wildman–Crippen MR) is 87.3 cm³/mol. The van der Waals surface area contributed by atoms with Crippen LogP contribution >= 0.6 is 0 Å². The van der Waals surface area contributed by atoms with Crippen molar-refractivity contribution in [2.45, 2.75) is 13.8 Å². The van der Waals surface area contributed by atoms with Crippen LogP contribution in [0.3, 0.4) is 0 Å². The van der Waals surface area contributed by atoms with Crippen molar-refractivity contribution < 1.29 is 0 Å². The molecule has 112 valence electrons. The predicted octanol–water partition coefficient (Wildman–Crippen LogP) is 1.73. The van der Waals surface area contributed by atoms with Crippen LogP contribution in [0, 0.1) is 0 Å². The van der Waals surface area contributed by atoms with E-state index in [0.29, 0.717) is 0 Å². The van der Waals surface area contributed by atoms with E-state index in [1.54, 1.807) is 0 Å². The molecule has 20 heavy (non-hydrogen) atoms. The maximum atomic E-state index is 5.86. The molecule has 0 amide bonds. The van der Waals surface area contributed by atoms with Crippen molar-refractivity contribution in [3.63, 3.8) is 0 Å². The fourth-order valence-corrected chi connectivity index (χ4v) is 2.77. The van der Waals surface area contributed by atoms with Crippen molar-refractivity contribution in [3.05, 3.63) is 24.3 Å². The number of piperazine rings is 1. The Hall–Kier alpha value is -1.26. The molecule has 0 atom stereocenters. The molecule has 0 saturated carbocycles.